The smallest absolute Gasteiger partial charge is 0.252 e. The van der Waals surface area contributed by atoms with Crippen molar-refractivity contribution in [3.63, 3.8) is 0 Å². The van der Waals surface area contributed by atoms with Crippen molar-refractivity contribution in [1.29, 1.82) is 0 Å². The van der Waals surface area contributed by atoms with Crippen molar-refractivity contribution in [2.45, 2.75) is 17.1 Å². The summed E-state index contributed by atoms with van der Waals surface area (Å²) in [5, 5.41) is 15.3. The average molecular weight is 471 g/mol. The normalized spacial score (nSPS) is 15.4. The van der Waals surface area contributed by atoms with Gasteiger partial charge in [-0.1, -0.05) is 48.5 Å². The van der Waals surface area contributed by atoms with Gasteiger partial charge in [0.05, 0.1) is 17.0 Å². The number of carbonyl (C=O) groups excluding carboxylic acids is 1. The van der Waals surface area contributed by atoms with Gasteiger partial charge in [0.2, 0.25) is 0 Å². The van der Waals surface area contributed by atoms with Crippen molar-refractivity contribution in [2.75, 3.05) is 24.5 Å². The van der Waals surface area contributed by atoms with Gasteiger partial charge in [-0.15, -0.1) is 16.9 Å². The Morgan fingerprint density at radius 1 is 0.941 bits per heavy atom. The summed E-state index contributed by atoms with van der Waals surface area (Å²) in [4.78, 5) is 16.3. The van der Waals surface area contributed by atoms with E-state index in [1.807, 2.05) is 60.7 Å². The third kappa shape index (κ3) is 5.12. The summed E-state index contributed by atoms with van der Waals surface area (Å²) in [5.74, 6) is 1.70. The van der Waals surface area contributed by atoms with Crippen molar-refractivity contribution in [2.24, 2.45) is 5.92 Å². The lowest BCUT2D eigenvalue weighted by atomic mass is 10.1. The van der Waals surface area contributed by atoms with Gasteiger partial charge in [-0.25, -0.2) is 0 Å². The molecule has 0 saturated carbocycles. The van der Waals surface area contributed by atoms with Gasteiger partial charge in [-0.3, -0.25) is 4.79 Å². The third-order valence-electron chi connectivity index (χ3n) is 5.98. The number of benzene rings is 3. The maximum Gasteiger partial charge on any atom is 0.252 e. The van der Waals surface area contributed by atoms with Crippen LogP contribution >= 0.6 is 11.8 Å². The van der Waals surface area contributed by atoms with Gasteiger partial charge in [0, 0.05) is 30.2 Å². The first kappa shape index (κ1) is 22.2. The van der Waals surface area contributed by atoms with Crippen LogP contribution in [0.1, 0.15) is 22.6 Å². The Morgan fingerprint density at radius 2 is 1.65 bits per heavy atom. The second-order valence-corrected chi connectivity index (χ2v) is 9.29. The number of para-hydroxylation sites is 2. The molecule has 1 aliphatic heterocycles. The minimum absolute atomic E-state index is 0.0380. The van der Waals surface area contributed by atoms with Crippen molar-refractivity contribution >= 4 is 23.4 Å². The standard InChI is InChI=1S/C26H26N6OS/c33-26(27-17-20-15-16-31(18-20)21-9-3-1-4-10-21)23-13-7-8-14-24(23)34-19-25-28-29-30-32(25)22-11-5-2-6-12-22/h1-14,20H,15-19H2,(H,27,33). The molecule has 2 heterocycles. The van der Waals surface area contributed by atoms with E-state index in [9.17, 15) is 4.79 Å². The van der Waals surface area contributed by atoms with Crippen LogP contribution in [0.4, 0.5) is 5.69 Å². The molecule has 0 radical (unpaired) electrons. The highest BCUT2D eigenvalue weighted by Crippen LogP contribution is 2.27. The molecule has 1 atom stereocenters. The minimum atomic E-state index is -0.0380. The number of anilines is 1. The van der Waals surface area contributed by atoms with E-state index in [-0.39, 0.29) is 5.91 Å². The molecule has 8 heteroatoms. The number of tetrazole rings is 1. The lowest BCUT2D eigenvalue weighted by Crippen LogP contribution is -2.31. The van der Waals surface area contributed by atoms with Crippen LogP contribution in [0, 0.1) is 5.92 Å². The molecule has 0 bridgehead atoms. The largest absolute Gasteiger partial charge is 0.371 e. The zero-order valence-corrected chi connectivity index (χ0v) is 19.6. The van der Waals surface area contributed by atoms with Crippen LogP contribution in [0.2, 0.25) is 0 Å². The molecule has 0 spiro atoms. The van der Waals surface area contributed by atoms with E-state index in [0.717, 1.165) is 35.9 Å². The number of hydrogen-bond donors (Lipinski definition) is 1. The Hall–Kier alpha value is -3.65. The van der Waals surface area contributed by atoms with Gasteiger partial charge >= 0.3 is 0 Å². The van der Waals surface area contributed by atoms with Crippen LogP contribution in [0.25, 0.3) is 5.69 Å². The minimum Gasteiger partial charge on any atom is -0.371 e. The molecule has 1 aliphatic rings. The van der Waals surface area contributed by atoms with Gasteiger partial charge in [0.15, 0.2) is 5.82 Å². The average Bonchev–Trinajstić information content (AvgIpc) is 3.57. The molecule has 5 rings (SSSR count). The van der Waals surface area contributed by atoms with E-state index in [1.54, 1.807) is 16.4 Å². The lowest BCUT2D eigenvalue weighted by Gasteiger charge is -2.19. The molecule has 1 unspecified atom stereocenters. The van der Waals surface area contributed by atoms with Crippen LogP contribution in [0.5, 0.6) is 0 Å². The zero-order chi connectivity index (χ0) is 23.2. The molecule has 4 aromatic rings. The third-order valence-corrected chi connectivity index (χ3v) is 7.05. The zero-order valence-electron chi connectivity index (χ0n) is 18.7. The summed E-state index contributed by atoms with van der Waals surface area (Å²) in [6, 6.07) is 28.0. The number of aromatic nitrogens is 4. The van der Waals surface area contributed by atoms with Gasteiger partial charge < -0.3 is 10.2 Å². The maximum atomic E-state index is 13.0. The Morgan fingerprint density at radius 3 is 2.44 bits per heavy atom. The second-order valence-electron chi connectivity index (χ2n) is 8.27. The number of nitrogens with one attached hydrogen (secondary N) is 1. The SMILES string of the molecule is O=C(NCC1CCN(c2ccccc2)C1)c1ccccc1SCc1nnnn1-c1ccccc1. The van der Waals surface area contributed by atoms with E-state index in [1.165, 1.54) is 5.69 Å². The summed E-state index contributed by atoms with van der Waals surface area (Å²) in [7, 11) is 0. The summed E-state index contributed by atoms with van der Waals surface area (Å²) in [6.45, 7) is 2.66. The number of thioether (sulfide) groups is 1. The molecule has 1 saturated heterocycles. The second kappa shape index (κ2) is 10.5. The Labute approximate surface area is 203 Å². The fraction of sp³-hybridized carbons (Fsp3) is 0.231. The Balaban J connectivity index is 1.19. The Bertz CT molecular complexity index is 1230. The predicted octanol–water partition coefficient (Wildman–Crippen LogP) is 4.21. The first-order chi connectivity index (χ1) is 16.8. The fourth-order valence-corrected chi connectivity index (χ4v) is 5.15. The molecule has 172 valence electrons. The lowest BCUT2D eigenvalue weighted by molar-refractivity contribution is 0.0945. The van der Waals surface area contributed by atoms with Gasteiger partial charge in [-0.2, -0.15) is 4.68 Å². The molecule has 3 aromatic carbocycles. The number of hydrogen-bond acceptors (Lipinski definition) is 6. The van der Waals surface area contributed by atoms with Crippen molar-refractivity contribution in [3.05, 3.63) is 96.3 Å². The van der Waals surface area contributed by atoms with Gasteiger partial charge in [0.25, 0.3) is 5.91 Å². The summed E-state index contributed by atoms with van der Waals surface area (Å²) in [5.41, 5.74) is 2.84. The van der Waals surface area contributed by atoms with Gasteiger partial charge in [-0.05, 0) is 59.2 Å². The van der Waals surface area contributed by atoms with E-state index in [4.69, 9.17) is 0 Å². The first-order valence-electron chi connectivity index (χ1n) is 11.4. The number of carbonyl (C=O) groups is 1. The number of nitrogens with zero attached hydrogens (tertiary/aromatic N) is 5. The number of amides is 1. The first-order valence-corrected chi connectivity index (χ1v) is 12.4. The van der Waals surface area contributed by atoms with Crippen LogP contribution < -0.4 is 10.2 Å². The highest BCUT2D eigenvalue weighted by Gasteiger charge is 2.23. The highest BCUT2D eigenvalue weighted by atomic mass is 32.2. The van der Waals surface area contributed by atoms with E-state index < -0.39 is 0 Å². The van der Waals surface area contributed by atoms with Crippen molar-refractivity contribution in [3.8, 4) is 5.69 Å². The predicted molar refractivity (Wildman–Crippen MR) is 134 cm³/mol. The number of rotatable bonds is 8. The molecule has 1 N–H and O–H groups in total. The fourth-order valence-electron chi connectivity index (χ4n) is 4.19. The molecular formula is C26H26N6OS. The molecule has 0 aliphatic carbocycles. The van der Waals surface area contributed by atoms with Gasteiger partial charge in [0.1, 0.15) is 0 Å². The van der Waals surface area contributed by atoms with E-state index in [0.29, 0.717) is 23.8 Å². The van der Waals surface area contributed by atoms with Crippen LogP contribution in [0.15, 0.2) is 89.8 Å². The van der Waals surface area contributed by atoms with Crippen LogP contribution in [-0.4, -0.2) is 45.7 Å². The van der Waals surface area contributed by atoms with Crippen LogP contribution in [-0.2, 0) is 5.75 Å². The molecular weight excluding hydrogens is 444 g/mol. The molecule has 7 nitrogen and oxygen atoms in total. The Kier molecular flexibility index (Phi) is 6.86. The monoisotopic (exact) mass is 470 g/mol. The molecule has 1 amide bonds. The van der Waals surface area contributed by atoms with Crippen molar-refractivity contribution in [1.82, 2.24) is 25.5 Å². The topological polar surface area (TPSA) is 75.9 Å². The van der Waals surface area contributed by atoms with Crippen LogP contribution in [0.3, 0.4) is 0 Å². The molecule has 1 aromatic heterocycles. The van der Waals surface area contributed by atoms with E-state index >= 15 is 0 Å². The summed E-state index contributed by atoms with van der Waals surface area (Å²) >= 11 is 1.57. The summed E-state index contributed by atoms with van der Waals surface area (Å²) < 4.78 is 1.73. The molecule has 34 heavy (non-hydrogen) atoms. The highest BCUT2D eigenvalue weighted by molar-refractivity contribution is 7.98. The van der Waals surface area contributed by atoms with E-state index in [2.05, 4.69) is 50.0 Å². The maximum absolute atomic E-state index is 13.0. The summed E-state index contributed by atoms with van der Waals surface area (Å²) in [6.07, 6.45) is 1.08. The quantitative estimate of drug-likeness (QED) is 0.389. The van der Waals surface area contributed by atoms with Crippen molar-refractivity contribution < 1.29 is 4.79 Å². The molecule has 1 fully saturated rings.